The van der Waals surface area contributed by atoms with Gasteiger partial charge in [0.15, 0.2) is 17.2 Å². The van der Waals surface area contributed by atoms with E-state index in [0.717, 1.165) is 0 Å². The van der Waals surface area contributed by atoms with E-state index < -0.39 is 23.1 Å². The molecular formula is C21H19F2N5O2. The Kier molecular flexibility index (Phi) is 3.71. The maximum absolute atomic E-state index is 14.1. The number of nitrogen functional groups attached to an aromatic ring is 1. The van der Waals surface area contributed by atoms with Crippen LogP contribution < -0.4 is 5.73 Å². The fourth-order valence-electron chi connectivity index (χ4n) is 4.82. The summed E-state index contributed by atoms with van der Waals surface area (Å²) >= 11 is 0. The zero-order valence-electron chi connectivity index (χ0n) is 16.4. The first kappa shape index (κ1) is 18.5. The van der Waals surface area contributed by atoms with Gasteiger partial charge in [0.05, 0.1) is 17.6 Å². The lowest BCUT2D eigenvalue weighted by molar-refractivity contribution is -0.136. The Labute approximate surface area is 170 Å². The molecule has 0 aliphatic carbocycles. The summed E-state index contributed by atoms with van der Waals surface area (Å²) in [6.07, 6.45) is 0.410. The van der Waals surface area contributed by atoms with Gasteiger partial charge < -0.3 is 20.5 Å². The number of anilines is 1. The van der Waals surface area contributed by atoms with Crippen molar-refractivity contribution < 1.29 is 18.4 Å². The van der Waals surface area contributed by atoms with Crippen molar-refractivity contribution in [1.82, 2.24) is 19.8 Å². The third kappa shape index (κ3) is 2.31. The minimum Gasteiger partial charge on any atom is -0.381 e. The number of aromatic amines is 1. The van der Waals surface area contributed by atoms with Crippen molar-refractivity contribution in [3.05, 3.63) is 58.3 Å². The Morgan fingerprint density at radius 3 is 2.70 bits per heavy atom. The molecule has 3 aromatic rings. The van der Waals surface area contributed by atoms with Gasteiger partial charge in [-0.2, -0.15) is 0 Å². The topological polar surface area (TPSA) is 95.3 Å². The fourth-order valence-corrected chi connectivity index (χ4v) is 4.82. The number of benzene rings is 1. The number of nitrogens with one attached hydrogen (secondary N) is 1. The number of nitrogens with two attached hydrogens (primary N) is 1. The highest BCUT2D eigenvalue weighted by Gasteiger charge is 2.59. The largest absolute Gasteiger partial charge is 0.381 e. The molecule has 7 nitrogen and oxygen atoms in total. The van der Waals surface area contributed by atoms with Crippen LogP contribution in [-0.4, -0.2) is 45.2 Å². The monoisotopic (exact) mass is 411 g/mol. The maximum Gasteiger partial charge on any atom is 0.255 e. The van der Waals surface area contributed by atoms with Gasteiger partial charge in [-0.15, -0.1) is 0 Å². The molecule has 0 unspecified atom stereocenters. The molecule has 0 radical (unpaired) electrons. The Hall–Kier alpha value is -3.49. The number of rotatable bonds is 2. The van der Waals surface area contributed by atoms with Crippen molar-refractivity contribution in [3.8, 4) is 0 Å². The lowest BCUT2D eigenvalue weighted by Gasteiger charge is -2.34. The zero-order valence-corrected chi connectivity index (χ0v) is 16.4. The van der Waals surface area contributed by atoms with Crippen molar-refractivity contribution >= 4 is 28.7 Å². The van der Waals surface area contributed by atoms with Crippen LogP contribution in [0, 0.1) is 18.6 Å². The predicted octanol–water partition coefficient (Wildman–Crippen LogP) is 2.45. The van der Waals surface area contributed by atoms with Gasteiger partial charge >= 0.3 is 0 Å². The number of hydrogen-bond donors (Lipinski definition) is 2. The number of likely N-dealkylation sites (N-methyl/N-ethyl adjacent to an activating group) is 1. The summed E-state index contributed by atoms with van der Waals surface area (Å²) in [6.45, 7) is 2.26. The van der Waals surface area contributed by atoms with Gasteiger partial charge in [0.25, 0.3) is 11.8 Å². The first-order valence-corrected chi connectivity index (χ1v) is 9.54. The van der Waals surface area contributed by atoms with E-state index in [0.29, 0.717) is 40.8 Å². The molecule has 5 rings (SSSR count). The Bertz CT molecular complexity index is 1210. The summed E-state index contributed by atoms with van der Waals surface area (Å²) in [7, 11) is 1.69. The lowest BCUT2D eigenvalue weighted by atomic mass is 9.84. The highest BCUT2D eigenvalue weighted by molar-refractivity contribution is 6.08. The van der Waals surface area contributed by atoms with E-state index in [1.54, 1.807) is 24.9 Å². The van der Waals surface area contributed by atoms with E-state index in [9.17, 15) is 18.4 Å². The average molecular weight is 411 g/mol. The summed E-state index contributed by atoms with van der Waals surface area (Å²) in [4.78, 5) is 36.7. The van der Waals surface area contributed by atoms with Gasteiger partial charge in [0.1, 0.15) is 5.82 Å². The minimum atomic E-state index is -1.19. The smallest absolute Gasteiger partial charge is 0.255 e. The van der Waals surface area contributed by atoms with Crippen molar-refractivity contribution in [2.75, 3.05) is 19.3 Å². The van der Waals surface area contributed by atoms with E-state index in [4.69, 9.17) is 5.73 Å². The van der Waals surface area contributed by atoms with E-state index in [-0.39, 0.29) is 23.8 Å². The van der Waals surface area contributed by atoms with E-state index in [1.165, 1.54) is 23.1 Å². The van der Waals surface area contributed by atoms with Crippen LogP contribution in [0.1, 0.15) is 33.6 Å². The van der Waals surface area contributed by atoms with Crippen LogP contribution in [0.3, 0.4) is 0 Å². The number of likely N-dealkylation sites (tertiary alicyclic amines) is 1. The molecule has 1 fully saturated rings. The van der Waals surface area contributed by atoms with Crippen LogP contribution in [0.15, 0.2) is 24.3 Å². The van der Waals surface area contributed by atoms with Gasteiger partial charge in [0, 0.05) is 42.9 Å². The highest BCUT2D eigenvalue weighted by Crippen LogP contribution is 2.48. The normalized spacial score (nSPS) is 20.8. The molecule has 30 heavy (non-hydrogen) atoms. The number of hydrogen-bond acceptors (Lipinski definition) is 4. The molecule has 2 aliphatic rings. The average Bonchev–Trinajstić information content (AvgIpc) is 3.27. The number of nitrogens with zero attached hydrogens (tertiary/aromatic N) is 3. The molecule has 0 bridgehead atoms. The van der Waals surface area contributed by atoms with Crippen LogP contribution in [0.4, 0.5) is 14.6 Å². The predicted molar refractivity (Wildman–Crippen MR) is 105 cm³/mol. The molecule has 1 atom stereocenters. The number of amides is 2. The van der Waals surface area contributed by atoms with Gasteiger partial charge in [-0.05, 0) is 30.7 Å². The second-order valence-electron chi connectivity index (χ2n) is 7.96. The molecule has 2 amide bonds. The van der Waals surface area contributed by atoms with E-state index >= 15 is 0 Å². The second-order valence-corrected chi connectivity index (χ2v) is 7.96. The standard InChI is InChI=1S/C21H19F2N5O2/c1-10-5-11(22)6-13-17(10)21(3-4-27(2)20(21)30)28(19(13)29)9-12-7-15-16(25-12)8-14(23)18(24)26-15/h5-8,25H,3-4,9H2,1-2H3,(H2,24,26)/t21-/m0/s1. The molecule has 154 valence electrons. The van der Waals surface area contributed by atoms with Gasteiger partial charge in [-0.1, -0.05) is 0 Å². The molecule has 3 N–H and O–H groups in total. The first-order valence-electron chi connectivity index (χ1n) is 9.54. The summed E-state index contributed by atoms with van der Waals surface area (Å²) < 4.78 is 27.9. The summed E-state index contributed by atoms with van der Waals surface area (Å²) in [5.74, 6) is -1.98. The van der Waals surface area contributed by atoms with Crippen molar-refractivity contribution in [3.63, 3.8) is 0 Å². The van der Waals surface area contributed by atoms with Crippen LogP contribution in [0.5, 0.6) is 0 Å². The quantitative estimate of drug-likeness (QED) is 0.677. The maximum atomic E-state index is 14.1. The first-order chi connectivity index (χ1) is 14.2. The number of pyridine rings is 1. The molecule has 1 spiro atoms. The van der Waals surface area contributed by atoms with Crippen molar-refractivity contribution in [1.29, 1.82) is 0 Å². The molecule has 2 aromatic heterocycles. The number of aromatic nitrogens is 2. The SMILES string of the molecule is Cc1cc(F)cc2c1[C@]1(CCN(C)C1=O)N(Cc1cc3nc(N)c(F)cc3[nH]1)C2=O. The highest BCUT2D eigenvalue weighted by atomic mass is 19.1. The third-order valence-electron chi connectivity index (χ3n) is 6.13. The van der Waals surface area contributed by atoms with Crippen LogP contribution >= 0.6 is 0 Å². The molecular weight excluding hydrogens is 392 g/mol. The van der Waals surface area contributed by atoms with Crippen molar-refractivity contribution in [2.45, 2.75) is 25.4 Å². The molecule has 2 aliphatic heterocycles. The zero-order chi connectivity index (χ0) is 21.4. The van der Waals surface area contributed by atoms with Crippen molar-refractivity contribution in [2.24, 2.45) is 0 Å². The number of fused-ring (bicyclic) bond motifs is 3. The number of carbonyl (C=O) groups excluding carboxylic acids is 2. The molecule has 0 saturated carbocycles. The third-order valence-corrected chi connectivity index (χ3v) is 6.13. The Balaban J connectivity index is 1.65. The fraction of sp³-hybridized carbons (Fsp3) is 0.286. The summed E-state index contributed by atoms with van der Waals surface area (Å²) in [6, 6.07) is 5.46. The summed E-state index contributed by atoms with van der Waals surface area (Å²) in [5, 5.41) is 0. The molecule has 1 saturated heterocycles. The minimum absolute atomic E-state index is 0.0615. The van der Waals surface area contributed by atoms with Gasteiger partial charge in [-0.3, -0.25) is 9.59 Å². The lowest BCUT2D eigenvalue weighted by Crippen LogP contribution is -2.49. The summed E-state index contributed by atoms with van der Waals surface area (Å²) in [5.41, 5.74) is 7.17. The van der Waals surface area contributed by atoms with Crippen LogP contribution in [0.25, 0.3) is 11.0 Å². The van der Waals surface area contributed by atoms with Gasteiger partial charge in [0.2, 0.25) is 0 Å². The van der Waals surface area contributed by atoms with Crippen LogP contribution in [0.2, 0.25) is 0 Å². The Morgan fingerprint density at radius 2 is 2.00 bits per heavy atom. The van der Waals surface area contributed by atoms with Crippen LogP contribution in [-0.2, 0) is 16.9 Å². The molecule has 9 heteroatoms. The number of aryl methyl sites for hydroxylation is 1. The van der Waals surface area contributed by atoms with Gasteiger partial charge in [-0.25, -0.2) is 13.8 Å². The number of H-pyrrole nitrogens is 1. The molecule has 1 aromatic carbocycles. The second kappa shape index (κ2) is 6.01. The Morgan fingerprint density at radius 1 is 1.23 bits per heavy atom. The number of halogens is 2. The molecule has 4 heterocycles. The van der Waals surface area contributed by atoms with E-state index in [2.05, 4.69) is 9.97 Å². The number of carbonyl (C=O) groups is 2. The van der Waals surface area contributed by atoms with E-state index in [1.807, 2.05) is 0 Å².